The van der Waals surface area contributed by atoms with Crippen molar-refractivity contribution >= 4 is 55.1 Å². The van der Waals surface area contributed by atoms with Crippen molar-refractivity contribution in [1.82, 2.24) is 9.97 Å². The highest BCUT2D eigenvalue weighted by atomic mass is 79.9. The number of nitrogens with zero attached hydrogens (tertiary/aromatic N) is 2. The minimum absolute atomic E-state index is 0.350. The average Bonchev–Trinajstić information content (AvgIpc) is 2.81. The predicted molar refractivity (Wildman–Crippen MR) is 106 cm³/mol. The summed E-state index contributed by atoms with van der Waals surface area (Å²) < 4.78 is 0.934. The number of rotatable bonds is 3. The molecule has 0 aromatic carbocycles. The molecule has 0 saturated heterocycles. The fourth-order valence-electron chi connectivity index (χ4n) is 3.13. The van der Waals surface area contributed by atoms with Crippen molar-refractivity contribution in [1.29, 1.82) is 0 Å². The van der Waals surface area contributed by atoms with Crippen LogP contribution in [0.5, 0.6) is 0 Å². The van der Waals surface area contributed by atoms with Crippen LogP contribution in [0.15, 0.2) is 16.2 Å². The summed E-state index contributed by atoms with van der Waals surface area (Å²) in [6.45, 7) is 10.9. The molecule has 0 unspecified atom stereocenters. The van der Waals surface area contributed by atoms with Crippen molar-refractivity contribution in [2.45, 2.75) is 45.2 Å². The van der Waals surface area contributed by atoms with Crippen LogP contribution in [0.25, 0.3) is 10.2 Å². The van der Waals surface area contributed by atoms with Crippen molar-refractivity contribution in [2.24, 2.45) is 11.3 Å². The molecular weight excluding hydrogens is 390 g/mol. The standard InChI is InChI=1S/C17H22BrN3S2/c1-9(18)8-22-16-20-14(19)13-11-6-5-10(17(2,3)4)7-12(11)23-15(13)21-16/h10H,1,5-8H2,2-4H3,(H2,19,20,21)/t10-/m0/s1. The van der Waals surface area contributed by atoms with Gasteiger partial charge in [-0.15, -0.1) is 11.3 Å². The minimum atomic E-state index is 0.350. The van der Waals surface area contributed by atoms with Crippen LogP contribution in [-0.4, -0.2) is 15.7 Å². The highest BCUT2D eigenvalue weighted by Crippen LogP contribution is 2.44. The van der Waals surface area contributed by atoms with E-state index < -0.39 is 0 Å². The predicted octanol–water partition coefficient (Wildman–Crippen LogP) is 5.43. The molecule has 1 aliphatic rings. The number of aryl methyl sites for hydroxylation is 1. The fourth-order valence-corrected chi connectivity index (χ4v) is 5.44. The summed E-state index contributed by atoms with van der Waals surface area (Å²) in [6, 6.07) is 0. The molecule has 2 N–H and O–H groups in total. The van der Waals surface area contributed by atoms with E-state index in [0.29, 0.717) is 11.2 Å². The van der Waals surface area contributed by atoms with Crippen LogP contribution in [0.1, 0.15) is 37.6 Å². The summed E-state index contributed by atoms with van der Waals surface area (Å²) in [4.78, 5) is 11.7. The zero-order chi connectivity index (χ0) is 16.8. The van der Waals surface area contributed by atoms with Gasteiger partial charge in [0.25, 0.3) is 0 Å². The van der Waals surface area contributed by atoms with Gasteiger partial charge in [-0.2, -0.15) is 0 Å². The number of hydrogen-bond acceptors (Lipinski definition) is 5. The molecule has 3 rings (SSSR count). The highest BCUT2D eigenvalue weighted by Gasteiger charge is 2.31. The van der Waals surface area contributed by atoms with Crippen molar-refractivity contribution < 1.29 is 0 Å². The van der Waals surface area contributed by atoms with Gasteiger partial charge in [0, 0.05) is 10.6 Å². The molecule has 2 aromatic heterocycles. The minimum Gasteiger partial charge on any atom is -0.383 e. The van der Waals surface area contributed by atoms with E-state index >= 15 is 0 Å². The van der Waals surface area contributed by atoms with Gasteiger partial charge in [0.1, 0.15) is 10.6 Å². The third kappa shape index (κ3) is 3.59. The Kier molecular flexibility index (Phi) is 4.78. The number of thiophene rings is 1. The Bertz CT molecular complexity index is 761. The smallest absolute Gasteiger partial charge is 0.191 e. The van der Waals surface area contributed by atoms with E-state index in [9.17, 15) is 0 Å². The summed E-state index contributed by atoms with van der Waals surface area (Å²) in [5.74, 6) is 2.11. The molecule has 23 heavy (non-hydrogen) atoms. The van der Waals surface area contributed by atoms with Crippen molar-refractivity contribution in [3.8, 4) is 0 Å². The molecule has 0 bridgehead atoms. The van der Waals surface area contributed by atoms with Crippen LogP contribution in [0.3, 0.4) is 0 Å². The molecule has 0 saturated carbocycles. The molecular formula is C17H22BrN3S2. The van der Waals surface area contributed by atoms with Gasteiger partial charge < -0.3 is 5.73 Å². The van der Waals surface area contributed by atoms with Gasteiger partial charge in [0.15, 0.2) is 5.16 Å². The van der Waals surface area contributed by atoms with Crippen LogP contribution in [-0.2, 0) is 12.8 Å². The molecule has 2 heterocycles. The van der Waals surface area contributed by atoms with Gasteiger partial charge in [-0.05, 0) is 40.6 Å². The van der Waals surface area contributed by atoms with E-state index in [1.807, 2.05) is 0 Å². The first-order valence-electron chi connectivity index (χ1n) is 7.79. The second kappa shape index (κ2) is 6.37. The number of nitrogen functional groups attached to an aromatic ring is 1. The Morgan fingerprint density at radius 1 is 1.43 bits per heavy atom. The molecule has 0 fully saturated rings. The maximum absolute atomic E-state index is 6.26. The zero-order valence-corrected chi connectivity index (χ0v) is 17.0. The molecule has 124 valence electrons. The normalized spacial score (nSPS) is 18.2. The van der Waals surface area contributed by atoms with Gasteiger partial charge in [-0.3, -0.25) is 0 Å². The van der Waals surface area contributed by atoms with Crippen LogP contribution in [0, 0.1) is 11.3 Å². The van der Waals surface area contributed by atoms with Gasteiger partial charge in [0.05, 0.1) is 5.39 Å². The molecule has 0 spiro atoms. The number of nitrogens with two attached hydrogens (primary N) is 1. The number of anilines is 1. The Hall–Kier alpha value is -0.590. The van der Waals surface area contributed by atoms with E-state index in [1.165, 1.54) is 16.9 Å². The molecule has 3 nitrogen and oxygen atoms in total. The molecule has 1 atom stereocenters. The molecule has 0 radical (unpaired) electrons. The molecule has 1 aliphatic carbocycles. The zero-order valence-electron chi connectivity index (χ0n) is 13.8. The van der Waals surface area contributed by atoms with E-state index in [1.54, 1.807) is 23.1 Å². The molecule has 0 aliphatic heterocycles. The van der Waals surface area contributed by atoms with Crippen LogP contribution in [0.2, 0.25) is 0 Å². The summed E-state index contributed by atoms with van der Waals surface area (Å²) in [6.07, 6.45) is 3.46. The first-order chi connectivity index (χ1) is 10.8. The van der Waals surface area contributed by atoms with Gasteiger partial charge >= 0.3 is 0 Å². The first-order valence-corrected chi connectivity index (χ1v) is 10.4. The number of aromatic nitrogens is 2. The van der Waals surface area contributed by atoms with Crippen molar-refractivity contribution in [3.63, 3.8) is 0 Å². The summed E-state index contributed by atoms with van der Waals surface area (Å²) in [7, 11) is 0. The summed E-state index contributed by atoms with van der Waals surface area (Å²) >= 11 is 6.74. The molecule has 2 aromatic rings. The Morgan fingerprint density at radius 3 is 2.83 bits per heavy atom. The molecule has 6 heteroatoms. The Balaban J connectivity index is 1.97. The SMILES string of the molecule is C=C(Br)CSc1nc(N)c2c3c(sc2n1)C[C@@H](C(C)(C)C)CC3. The highest BCUT2D eigenvalue weighted by molar-refractivity contribution is 9.11. The largest absolute Gasteiger partial charge is 0.383 e. The number of fused-ring (bicyclic) bond motifs is 3. The lowest BCUT2D eigenvalue weighted by atomic mass is 9.72. The third-order valence-electron chi connectivity index (χ3n) is 4.50. The monoisotopic (exact) mass is 411 g/mol. The van der Waals surface area contributed by atoms with Gasteiger partial charge in [0.2, 0.25) is 0 Å². The maximum Gasteiger partial charge on any atom is 0.191 e. The third-order valence-corrected chi connectivity index (χ3v) is 7.23. The van der Waals surface area contributed by atoms with E-state index in [2.05, 4.69) is 48.3 Å². The number of hydrogen-bond donors (Lipinski definition) is 1. The van der Waals surface area contributed by atoms with Crippen molar-refractivity contribution in [2.75, 3.05) is 11.5 Å². The lowest BCUT2D eigenvalue weighted by Gasteiger charge is -2.33. The van der Waals surface area contributed by atoms with Crippen LogP contribution in [0.4, 0.5) is 5.82 Å². The van der Waals surface area contributed by atoms with Gasteiger partial charge in [-0.25, -0.2) is 9.97 Å². The Labute approximate surface area is 154 Å². The van der Waals surface area contributed by atoms with Gasteiger partial charge in [-0.1, -0.05) is 55.0 Å². The fraction of sp³-hybridized carbons (Fsp3) is 0.529. The van der Waals surface area contributed by atoms with Crippen molar-refractivity contribution in [3.05, 3.63) is 21.5 Å². The number of halogens is 1. The van der Waals surface area contributed by atoms with Crippen LogP contribution < -0.4 is 5.73 Å². The second-order valence-corrected chi connectivity index (χ2v) is 10.3. The lowest BCUT2D eigenvalue weighted by Crippen LogP contribution is -2.26. The average molecular weight is 412 g/mol. The number of thioether (sulfide) groups is 1. The van der Waals surface area contributed by atoms with E-state index in [0.717, 1.165) is 44.4 Å². The second-order valence-electron chi connectivity index (χ2n) is 7.19. The quantitative estimate of drug-likeness (QED) is 0.540. The van der Waals surface area contributed by atoms with Crippen LogP contribution >= 0.6 is 39.0 Å². The summed E-state index contributed by atoms with van der Waals surface area (Å²) in [5, 5.41) is 1.83. The van der Waals surface area contributed by atoms with E-state index in [-0.39, 0.29) is 0 Å². The molecule has 0 amide bonds. The Morgan fingerprint density at radius 2 is 2.17 bits per heavy atom. The maximum atomic E-state index is 6.26. The first kappa shape index (κ1) is 17.2. The van der Waals surface area contributed by atoms with E-state index in [4.69, 9.17) is 10.7 Å². The summed E-state index contributed by atoms with van der Waals surface area (Å²) in [5.41, 5.74) is 8.00. The topological polar surface area (TPSA) is 51.8 Å². The lowest BCUT2D eigenvalue weighted by molar-refractivity contribution is 0.218.